The molecule has 1 heterocycles. The van der Waals surface area contributed by atoms with E-state index in [0.29, 0.717) is 5.92 Å². The van der Waals surface area contributed by atoms with Crippen molar-refractivity contribution in [1.82, 2.24) is 4.90 Å². The zero-order valence-electron chi connectivity index (χ0n) is 11.4. The average molecular weight is 247 g/mol. The lowest BCUT2D eigenvalue weighted by molar-refractivity contribution is 0.343. The summed E-state index contributed by atoms with van der Waals surface area (Å²) >= 11 is 0. The SMILES string of the molecule is COc1ccc2c(c1OC)CCC1CN(C)CC21. The van der Waals surface area contributed by atoms with Gasteiger partial charge in [0.05, 0.1) is 14.2 Å². The van der Waals surface area contributed by atoms with Crippen LogP contribution >= 0.6 is 0 Å². The molecule has 1 aliphatic carbocycles. The van der Waals surface area contributed by atoms with Gasteiger partial charge < -0.3 is 14.4 Å². The summed E-state index contributed by atoms with van der Waals surface area (Å²) in [5, 5.41) is 0. The highest BCUT2D eigenvalue weighted by Crippen LogP contribution is 2.46. The number of ether oxygens (including phenoxy) is 2. The van der Waals surface area contributed by atoms with E-state index in [1.807, 2.05) is 0 Å². The lowest BCUT2D eigenvalue weighted by Crippen LogP contribution is -2.19. The fourth-order valence-electron chi connectivity index (χ4n) is 3.67. The number of methoxy groups -OCH3 is 2. The monoisotopic (exact) mass is 247 g/mol. The van der Waals surface area contributed by atoms with Crippen molar-refractivity contribution in [3.63, 3.8) is 0 Å². The molecule has 0 bridgehead atoms. The molecule has 1 saturated heterocycles. The van der Waals surface area contributed by atoms with Gasteiger partial charge in [0.15, 0.2) is 11.5 Å². The summed E-state index contributed by atoms with van der Waals surface area (Å²) in [6, 6.07) is 4.30. The predicted octanol–water partition coefficient (Wildman–Crippen LogP) is 2.30. The number of rotatable bonds is 2. The van der Waals surface area contributed by atoms with Crippen LogP contribution in [0.2, 0.25) is 0 Å². The van der Waals surface area contributed by atoms with E-state index >= 15 is 0 Å². The Bertz CT molecular complexity index is 458. The fraction of sp³-hybridized carbons (Fsp3) is 0.600. The predicted molar refractivity (Wildman–Crippen MR) is 71.6 cm³/mol. The average Bonchev–Trinajstić information content (AvgIpc) is 2.77. The van der Waals surface area contributed by atoms with Crippen LogP contribution in [0.5, 0.6) is 11.5 Å². The van der Waals surface area contributed by atoms with Crippen molar-refractivity contribution in [3.05, 3.63) is 23.3 Å². The van der Waals surface area contributed by atoms with Gasteiger partial charge in [0.1, 0.15) is 0 Å². The van der Waals surface area contributed by atoms with Gasteiger partial charge in [-0.1, -0.05) is 6.07 Å². The van der Waals surface area contributed by atoms with Crippen LogP contribution in [0, 0.1) is 5.92 Å². The molecule has 1 aromatic rings. The van der Waals surface area contributed by atoms with Gasteiger partial charge in [-0.3, -0.25) is 0 Å². The van der Waals surface area contributed by atoms with E-state index < -0.39 is 0 Å². The highest BCUT2D eigenvalue weighted by Gasteiger charge is 2.37. The van der Waals surface area contributed by atoms with E-state index in [1.165, 1.54) is 30.6 Å². The first-order valence-corrected chi connectivity index (χ1v) is 6.67. The highest BCUT2D eigenvalue weighted by atomic mass is 16.5. The minimum absolute atomic E-state index is 0.679. The summed E-state index contributed by atoms with van der Waals surface area (Å²) in [7, 11) is 5.67. The molecule has 0 saturated carbocycles. The Morgan fingerprint density at radius 2 is 2.00 bits per heavy atom. The summed E-state index contributed by atoms with van der Waals surface area (Å²) in [5.41, 5.74) is 2.85. The van der Waals surface area contributed by atoms with Gasteiger partial charge in [-0.05, 0) is 37.4 Å². The third-order valence-electron chi connectivity index (χ3n) is 4.47. The number of hydrogen-bond acceptors (Lipinski definition) is 3. The molecule has 0 spiro atoms. The maximum absolute atomic E-state index is 5.57. The molecule has 0 N–H and O–H groups in total. The van der Waals surface area contributed by atoms with Gasteiger partial charge in [0.2, 0.25) is 0 Å². The summed E-state index contributed by atoms with van der Waals surface area (Å²) in [5.74, 6) is 3.31. The molecule has 98 valence electrons. The first-order valence-electron chi connectivity index (χ1n) is 6.67. The number of fused-ring (bicyclic) bond motifs is 3. The van der Waals surface area contributed by atoms with Crippen LogP contribution in [-0.4, -0.2) is 39.3 Å². The van der Waals surface area contributed by atoms with E-state index in [9.17, 15) is 0 Å². The summed E-state index contributed by atoms with van der Waals surface area (Å²) in [6.45, 7) is 2.41. The van der Waals surface area contributed by atoms with Crippen LogP contribution in [0.3, 0.4) is 0 Å². The number of likely N-dealkylation sites (tertiary alicyclic amines) is 1. The van der Waals surface area contributed by atoms with E-state index in [4.69, 9.17) is 9.47 Å². The Labute approximate surface area is 109 Å². The van der Waals surface area contributed by atoms with Crippen molar-refractivity contribution in [2.45, 2.75) is 18.8 Å². The van der Waals surface area contributed by atoms with Crippen molar-refractivity contribution in [2.75, 3.05) is 34.4 Å². The Morgan fingerprint density at radius 3 is 2.72 bits per heavy atom. The standard InChI is InChI=1S/C15H21NO2/c1-16-8-10-4-5-12-11(13(10)9-16)6-7-14(17-2)15(12)18-3/h6-7,10,13H,4-5,8-9H2,1-3H3. The van der Waals surface area contributed by atoms with Crippen molar-refractivity contribution < 1.29 is 9.47 Å². The highest BCUT2D eigenvalue weighted by molar-refractivity contribution is 5.53. The Morgan fingerprint density at radius 1 is 1.17 bits per heavy atom. The fourth-order valence-corrected chi connectivity index (χ4v) is 3.67. The lowest BCUT2D eigenvalue weighted by atomic mass is 9.76. The number of hydrogen-bond donors (Lipinski definition) is 0. The van der Waals surface area contributed by atoms with E-state index in [0.717, 1.165) is 23.8 Å². The Kier molecular flexibility index (Phi) is 2.94. The van der Waals surface area contributed by atoms with Crippen LogP contribution in [0.25, 0.3) is 0 Å². The van der Waals surface area contributed by atoms with E-state index in [1.54, 1.807) is 14.2 Å². The van der Waals surface area contributed by atoms with Gasteiger partial charge in [-0.15, -0.1) is 0 Å². The van der Waals surface area contributed by atoms with Crippen LogP contribution in [0.4, 0.5) is 0 Å². The third-order valence-corrected chi connectivity index (χ3v) is 4.47. The largest absolute Gasteiger partial charge is 0.493 e. The molecule has 2 aliphatic rings. The molecular formula is C15H21NO2. The Hall–Kier alpha value is -1.22. The molecule has 1 fully saturated rings. The normalized spacial score (nSPS) is 26.6. The molecule has 18 heavy (non-hydrogen) atoms. The number of benzene rings is 1. The van der Waals surface area contributed by atoms with Crippen molar-refractivity contribution in [3.8, 4) is 11.5 Å². The van der Waals surface area contributed by atoms with Crippen LogP contribution in [0.15, 0.2) is 12.1 Å². The first-order chi connectivity index (χ1) is 8.74. The zero-order chi connectivity index (χ0) is 12.7. The van der Waals surface area contributed by atoms with Crippen LogP contribution in [-0.2, 0) is 6.42 Å². The zero-order valence-corrected chi connectivity index (χ0v) is 11.4. The quantitative estimate of drug-likeness (QED) is 0.800. The lowest BCUT2D eigenvalue weighted by Gasteiger charge is -2.29. The molecule has 0 amide bonds. The van der Waals surface area contributed by atoms with E-state index in [-0.39, 0.29) is 0 Å². The molecule has 3 heteroatoms. The minimum Gasteiger partial charge on any atom is -0.493 e. The second-order valence-corrected chi connectivity index (χ2v) is 5.50. The molecule has 2 unspecified atom stereocenters. The van der Waals surface area contributed by atoms with Gasteiger partial charge in [-0.2, -0.15) is 0 Å². The second kappa shape index (κ2) is 4.47. The molecular weight excluding hydrogens is 226 g/mol. The van der Waals surface area contributed by atoms with E-state index in [2.05, 4.69) is 24.1 Å². The third kappa shape index (κ3) is 1.69. The van der Waals surface area contributed by atoms with Gasteiger partial charge in [0.25, 0.3) is 0 Å². The molecule has 2 atom stereocenters. The summed E-state index contributed by atoms with van der Waals surface area (Å²) in [6.07, 6.45) is 2.39. The molecule has 1 aliphatic heterocycles. The molecule has 0 radical (unpaired) electrons. The summed E-state index contributed by atoms with van der Waals surface area (Å²) in [4.78, 5) is 2.45. The topological polar surface area (TPSA) is 21.7 Å². The van der Waals surface area contributed by atoms with Gasteiger partial charge in [0, 0.05) is 24.6 Å². The summed E-state index contributed by atoms with van der Waals surface area (Å²) < 4.78 is 11.0. The number of likely N-dealkylation sites (N-methyl/N-ethyl adjacent to an activating group) is 1. The van der Waals surface area contributed by atoms with Gasteiger partial charge in [-0.25, -0.2) is 0 Å². The molecule has 1 aromatic carbocycles. The van der Waals surface area contributed by atoms with Crippen molar-refractivity contribution in [2.24, 2.45) is 5.92 Å². The molecule has 0 aromatic heterocycles. The number of nitrogens with zero attached hydrogens (tertiary/aromatic N) is 1. The van der Waals surface area contributed by atoms with Crippen molar-refractivity contribution >= 4 is 0 Å². The molecule has 3 nitrogen and oxygen atoms in total. The van der Waals surface area contributed by atoms with Gasteiger partial charge >= 0.3 is 0 Å². The smallest absolute Gasteiger partial charge is 0.164 e. The second-order valence-electron chi connectivity index (χ2n) is 5.50. The first kappa shape index (κ1) is 11.8. The Balaban J connectivity index is 2.06. The van der Waals surface area contributed by atoms with Crippen molar-refractivity contribution in [1.29, 1.82) is 0 Å². The van der Waals surface area contributed by atoms with Crippen LogP contribution in [0.1, 0.15) is 23.5 Å². The minimum atomic E-state index is 0.679. The maximum atomic E-state index is 5.57. The molecule has 3 rings (SSSR count). The van der Waals surface area contributed by atoms with Crippen LogP contribution < -0.4 is 9.47 Å². The maximum Gasteiger partial charge on any atom is 0.164 e.